The Hall–Kier alpha value is -0.870. The van der Waals surface area contributed by atoms with Gasteiger partial charge >= 0.3 is 0 Å². The lowest BCUT2D eigenvalue weighted by Crippen LogP contribution is -2.52. The molecule has 0 bridgehead atoms. The van der Waals surface area contributed by atoms with Gasteiger partial charge in [0.2, 0.25) is 0 Å². The standard InChI is InChI=1S/C12H22N4/c1-11-5-3-6-12(2)16(11)14-8-10-15-9-4-7-13-15/h4,7,9,11-12,14H,3,5-6,8,10H2,1-2H3. The van der Waals surface area contributed by atoms with E-state index in [-0.39, 0.29) is 0 Å². The van der Waals surface area contributed by atoms with Gasteiger partial charge in [-0.15, -0.1) is 0 Å². The molecule has 1 aromatic rings. The molecule has 0 spiro atoms. The first-order chi connectivity index (χ1) is 7.77. The highest BCUT2D eigenvalue weighted by Crippen LogP contribution is 2.19. The number of piperidine rings is 1. The van der Waals surface area contributed by atoms with Crippen molar-refractivity contribution >= 4 is 0 Å². The highest BCUT2D eigenvalue weighted by Gasteiger charge is 2.23. The van der Waals surface area contributed by atoms with Crippen molar-refractivity contribution in [3.8, 4) is 0 Å². The van der Waals surface area contributed by atoms with Gasteiger partial charge in [-0.2, -0.15) is 5.10 Å². The van der Waals surface area contributed by atoms with Gasteiger partial charge in [0, 0.05) is 31.0 Å². The molecule has 1 aromatic heterocycles. The molecule has 16 heavy (non-hydrogen) atoms. The molecule has 1 fully saturated rings. The highest BCUT2D eigenvalue weighted by atomic mass is 15.5. The predicted octanol–water partition coefficient (Wildman–Crippen LogP) is 1.65. The van der Waals surface area contributed by atoms with Crippen molar-refractivity contribution in [3.63, 3.8) is 0 Å². The molecule has 2 unspecified atom stereocenters. The molecule has 4 heteroatoms. The molecule has 0 amide bonds. The van der Waals surface area contributed by atoms with Gasteiger partial charge in [0.15, 0.2) is 0 Å². The fourth-order valence-corrected chi connectivity index (χ4v) is 2.46. The van der Waals surface area contributed by atoms with Crippen LogP contribution in [0.3, 0.4) is 0 Å². The van der Waals surface area contributed by atoms with Gasteiger partial charge in [-0.25, -0.2) is 5.01 Å². The Kier molecular flexibility index (Phi) is 3.96. The van der Waals surface area contributed by atoms with Gasteiger partial charge in [0.1, 0.15) is 0 Å². The zero-order valence-corrected chi connectivity index (χ0v) is 10.3. The summed E-state index contributed by atoms with van der Waals surface area (Å²) in [5, 5.41) is 6.60. The van der Waals surface area contributed by atoms with E-state index in [9.17, 15) is 0 Å². The highest BCUT2D eigenvalue weighted by molar-refractivity contribution is 4.79. The van der Waals surface area contributed by atoms with E-state index in [0.29, 0.717) is 12.1 Å². The van der Waals surface area contributed by atoms with E-state index in [1.165, 1.54) is 19.3 Å². The molecule has 90 valence electrons. The summed E-state index contributed by atoms with van der Waals surface area (Å²) < 4.78 is 1.96. The van der Waals surface area contributed by atoms with Crippen molar-refractivity contribution < 1.29 is 0 Å². The lowest BCUT2D eigenvalue weighted by Gasteiger charge is -2.39. The number of rotatable bonds is 4. The second-order valence-corrected chi connectivity index (χ2v) is 4.71. The predicted molar refractivity (Wildman–Crippen MR) is 64.8 cm³/mol. The van der Waals surface area contributed by atoms with Crippen LogP contribution in [0.4, 0.5) is 0 Å². The van der Waals surface area contributed by atoms with Crippen LogP contribution in [0, 0.1) is 0 Å². The average Bonchev–Trinajstić information content (AvgIpc) is 2.75. The van der Waals surface area contributed by atoms with E-state index < -0.39 is 0 Å². The van der Waals surface area contributed by atoms with Crippen molar-refractivity contribution in [1.82, 2.24) is 20.2 Å². The van der Waals surface area contributed by atoms with Gasteiger partial charge < -0.3 is 0 Å². The Morgan fingerprint density at radius 3 is 2.69 bits per heavy atom. The zero-order valence-electron chi connectivity index (χ0n) is 10.3. The third-order valence-electron chi connectivity index (χ3n) is 3.39. The molecule has 1 N–H and O–H groups in total. The van der Waals surface area contributed by atoms with Gasteiger partial charge in [0.25, 0.3) is 0 Å². The molecule has 2 rings (SSSR count). The number of hydrogen-bond acceptors (Lipinski definition) is 3. The molecule has 2 atom stereocenters. The Labute approximate surface area is 97.6 Å². The molecular formula is C12H22N4. The first kappa shape index (κ1) is 11.6. The largest absolute Gasteiger partial charge is 0.271 e. The van der Waals surface area contributed by atoms with Gasteiger partial charge in [-0.1, -0.05) is 6.42 Å². The lowest BCUT2D eigenvalue weighted by molar-refractivity contribution is 0.0449. The molecular weight excluding hydrogens is 200 g/mol. The summed E-state index contributed by atoms with van der Waals surface area (Å²) >= 11 is 0. The lowest BCUT2D eigenvalue weighted by atomic mass is 10.00. The topological polar surface area (TPSA) is 33.1 Å². The first-order valence-electron chi connectivity index (χ1n) is 6.26. The van der Waals surface area contributed by atoms with Crippen LogP contribution in [-0.2, 0) is 6.54 Å². The normalized spacial score (nSPS) is 27.1. The van der Waals surface area contributed by atoms with Crippen LogP contribution in [0.15, 0.2) is 18.5 Å². The van der Waals surface area contributed by atoms with Crippen molar-refractivity contribution in [2.24, 2.45) is 0 Å². The number of hydrazine groups is 1. The summed E-state index contributed by atoms with van der Waals surface area (Å²) in [6, 6.07) is 3.27. The van der Waals surface area contributed by atoms with Crippen LogP contribution < -0.4 is 5.43 Å². The maximum absolute atomic E-state index is 4.20. The molecule has 1 aliphatic heterocycles. The quantitative estimate of drug-likeness (QED) is 0.841. The van der Waals surface area contributed by atoms with E-state index >= 15 is 0 Å². The maximum atomic E-state index is 4.20. The van der Waals surface area contributed by atoms with Crippen LogP contribution in [-0.4, -0.2) is 33.4 Å². The molecule has 2 heterocycles. The number of aromatic nitrogens is 2. The monoisotopic (exact) mass is 222 g/mol. The fraction of sp³-hybridized carbons (Fsp3) is 0.750. The third kappa shape index (κ3) is 2.83. The average molecular weight is 222 g/mol. The zero-order chi connectivity index (χ0) is 11.4. The molecule has 0 aliphatic carbocycles. The minimum atomic E-state index is 0.654. The second kappa shape index (κ2) is 5.46. The number of hydrogen-bond donors (Lipinski definition) is 1. The SMILES string of the molecule is CC1CCCC(C)N1NCCn1cccn1. The Balaban J connectivity index is 1.75. The molecule has 1 aliphatic rings. The Morgan fingerprint density at radius 2 is 2.06 bits per heavy atom. The molecule has 1 saturated heterocycles. The Bertz CT molecular complexity index is 286. The second-order valence-electron chi connectivity index (χ2n) is 4.71. The molecule has 4 nitrogen and oxygen atoms in total. The van der Waals surface area contributed by atoms with Crippen molar-refractivity contribution in [2.75, 3.05) is 6.54 Å². The van der Waals surface area contributed by atoms with Crippen LogP contribution in [0.25, 0.3) is 0 Å². The minimum absolute atomic E-state index is 0.654. The fourth-order valence-electron chi connectivity index (χ4n) is 2.46. The Morgan fingerprint density at radius 1 is 1.31 bits per heavy atom. The molecule has 0 aromatic carbocycles. The summed E-state index contributed by atoms with van der Waals surface area (Å²) in [4.78, 5) is 0. The van der Waals surface area contributed by atoms with Crippen LogP contribution in [0.1, 0.15) is 33.1 Å². The van der Waals surface area contributed by atoms with Gasteiger partial charge in [0.05, 0.1) is 6.54 Å². The smallest absolute Gasteiger partial charge is 0.0548 e. The molecule has 0 radical (unpaired) electrons. The molecule has 0 saturated carbocycles. The van der Waals surface area contributed by atoms with Gasteiger partial charge in [-0.3, -0.25) is 10.1 Å². The van der Waals surface area contributed by atoms with E-state index in [1.54, 1.807) is 0 Å². The van der Waals surface area contributed by atoms with Crippen LogP contribution >= 0.6 is 0 Å². The first-order valence-corrected chi connectivity index (χ1v) is 6.26. The van der Waals surface area contributed by atoms with Crippen LogP contribution in [0.2, 0.25) is 0 Å². The van der Waals surface area contributed by atoms with Crippen molar-refractivity contribution in [3.05, 3.63) is 18.5 Å². The van der Waals surface area contributed by atoms with E-state index in [2.05, 4.69) is 29.4 Å². The number of nitrogens with one attached hydrogen (secondary N) is 1. The van der Waals surface area contributed by atoms with E-state index in [1.807, 2.05) is 23.1 Å². The van der Waals surface area contributed by atoms with Crippen molar-refractivity contribution in [1.29, 1.82) is 0 Å². The van der Waals surface area contributed by atoms with Crippen molar-refractivity contribution in [2.45, 2.75) is 51.7 Å². The summed E-state index contributed by atoms with van der Waals surface area (Å²) in [5.74, 6) is 0. The van der Waals surface area contributed by atoms with E-state index in [0.717, 1.165) is 13.1 Å². The number of nitrogens with zero attached hydrogens (tertiary/aromatic N) is 3. The summed E-state index contributed by atoms with van der Waals surface area (Å²) in [5.41, 5.74) is 3.53. The summed E-state index contributed by atoms with van der Waals surface area (Å²) in [6.07, 6.45) is 7.80. The summed E-state index contributed by atoms with van der Waals surface area (Å²) in [7, 11) is 0. The third-order valence-corrected chi connectivity index (χ3v) is 3.39. The van der Waals surface area contributed by atoms with Gasteiger partial charge in [-0.05, 0) is 32.8 Å². The van der Waals surface area contributed by atoms with Crippen LogP contribution in [0.5, 0.6) is 0 Å². The maximum Gasteiger partial charge on any atom is 0.0548 e. The van der Waals surface area contributed by atoms with E-state index in [4.69, 9.17) is 0 Å². The minimum Gasteiger partial charge on any atom is -0.271 e. The summed E-state index contributed by atoms with van der Waals surface area (Å²) in [6.45, 7) is 6.49.